The maximum atomic E-state index is 12.5. The Hall–Kier alpha value is -2.46. The Kier molecular flexibility index (Phi) is 6.70. The lowest BCUT2D eigenvalue weighted by Crippen LogP contribution is -2.39. The highest BCUT2D eigenvalue weighted by molar-refractivity contribution is 7.93. The van der Waals surface area contributed by atoms with Crippen molar-refractivity contribution in [2.45, 2.75) is 18.6 Å². The molecule has 0 radical (unpaired) electrons. The Bertz CT molecular complexity index is 849. The van der Waals surface area contributed by atoms with E-state index in [1.807, 2.05) is 0 Å². The number of ether oxygens (including phenoxy) is 1. The molecule has 0 saturated heterocycles. The molecule has 0 aliphatic carbocycles. The summed E-state index contributed by atoms with van der Waals surface area (Å²) >= 11 is 1.18. The first-order chi connectivity index (χ1) is 12.4. The van der Waals surface area contributed by atoms with Gasteiger partial charge in [0.15, 0.2) is 15.0 Å². The van der Waals surface area contributed by atoms with E-state index in [4.69, 9.17) is 4.74 Å². The van der Waals surface area contributed by atoms with Gasteiger partial charge in [-0.1, -0.05) is 6.92 Å². The number of methoxy groups -OCH3 is 1. The largest absolute Gasteiger partial charge is 0.497 e. The van der Waals surface area contributed by atoms with Gasteiger partial charge in [-0.05, 0) is 30.7 Å². The number of nitrogens with one attached hydrogen (secondary N) is 2. The van der Waals surface area contributed by atoms with Crippen LogP contribution in [-0.2, 0) is 19.4 Å². The van der Waals surface area contributed by atoms with Crippen LogP contribution < -0.4 is 15.4 Å². The second kappa shape index (κ2) is 8.77. The molecule has 2 amide bonds. The van der Waals surface area contributed by atoms with Gasteiger partial charge >= 0.3 is 0 Å². The van der Waals surface area contributed by atoms with Crippen LogP contribution in [0, 0.1) is 0 Å². The molecule has 1 atom stereocenters. The van der Waals surface area contributed by atoms with Crippen molar-refractivity contribution in [3.05, 3.63) is 35.8 Å². The third kappa shape index (κ3) is 5.27. The Morgan fingerprint density at radius 2 is 1.92 bits per heavy atom. The molecule has 1 unspecified atom stereocenters. The van der Waals surface area contributed by atoms with Crippen LogP contribution in [0.3, 0.4) is 0 Å². The average molecular weight is 397 g/mol. The first-order valence-electron chi connectivity index (χ1n) is 7.71. The zero-order valence-corrected chi connectivity index (χ0v) is 15.9. The van der Waals surface area contributed by atoms with Gasteiger partial charge in [0.05, 0.1) is 7.11 Å². The van der Waals surface area contributed by atoms with Gasteiger partial charge in [-0.15, -0.1) is 11.3 Å². The summed E-state index contributed by atoms with van der Waals surface area (Å²) in [5.74, 6) is -1.58. The Morgan fingerprint density at radius 3 is 2.46 bits per heavy atom. The predicted molar refractivity (Wildman–Crippen MR) is 100 cm³/mol. The van der Waals surface area contributed by atoms with Crippen molar-refractivity contribution in [2.75, 3.05) is 23.5 Å². The fourth-order valence-electron chi connectivity index (χ4n) is 2.23. The Labute approximate surface area is 155 Å². The zero-order valence-electron chi connectivity index (χ0n) is 14.3. The van der Waals surface area contributed by atoms with Crippen molar-refractivity contribution < 1.29 is 22.7 Å². The Morgan fingerprint density at radius 1 is 1.23 bits per heavy atom. The van der Waals surface area contributed by atoms with E-state index in [1.165, 1.54) is 24.6 Å². The van der Waals surface area contributed by atoms with E-state index in [0.29, 0.717) is 16.6 Å². The van der Waals surface area contributed by atoms with E-state index >= 15 is 0 Å². The summed E-state index contributed by atoms with van der Waals surface area (Å²) < 4.78 is 30.0. The van der Waals surface area contributed by atoms with Crippen molar-refractivity contribution in [3.63, 3.8) is 0 Å². The molecule has 0 saturated carbocycles. The van der Waals surface area contributed by atoms with Crippen LogP contribution in [0.2, 0.25) is 0 Å². The molecule has 140 valence electrons. The van der Waals surface area contributed by atoms with Crippen molar-refractivity contribution in [1.82, 2.24) is 4.98 Å². The number of hydrogen-bond acceptors (Lipinski definition) is 7. The molecule has 8 nitrogen and oxygen atoms in total. The fourth-order valence-corrected chi connectivity index (χ4v) is 4.29. The van der Waals surface area contributed by atoms with Crippen LogP contribution in [-0.4, -0.2) is 43.3 Å². The van der Waals surface area contributed by atoms with Crippen molar-refractivity contribution in [1.29, 1.82) is 0 Å². The van der Waals surface area contributed by atoms with E-state index in [-0.39, 0.29) is 6.42 Å². The molecule has 2 N–H and O–H groups in total. The van der Waals surface area contributed by atoms with Gasteiger partial charge < -0.3 is 15.4 Å². The van der Waals surface area contributed by atoms with E-state index in [1.54, 1.807) is 36.6 Å². The van der Waals surface area contributed by atoms with Crippen molar-refractivity contribution in [2.24, 2.45) is 0 Å². The van der Waals surface area contributed by atoms with Crippen LogP contribution in [0.5, 0.6) is 5.75 Å². The second-order valence-electron chi connectivity index (χ2n) is 5.31. The molecular formula is C16H19N3O5S2. The first kappa shape index (κ1) is 19.9. The van der Waals surface area contributed by atoms with E-state index in [2.05, 4.69) is 15.6 Å². The van der Waals surface area contributed by atoms with E-state index in [9.17, 15) is 18.0 Å². The van der Waals surface area contributed by atoms with E-state index < -0.39 is 32.7 Å². The number of amides is 2. The highest BCUT2D eigenvalue weighted by Crippen LogP contribution is 2.17. The zero-order chi connectivity index (χ0) is 19.2. The van der Waals surface area contributed by atoms with Gasteiger partial charge in [0.1, 0.15) is 16.8 Å². The number of nitrogens with zero attached hydrogens (tertiary/aromatic N) is 1. The van der Waals surface area contributed by atoms with Crippen LogP contribution >= 0.6 is 11.3 Å². The molecule has 0 spiro atoms. The number of anilines is 2. The minimum Gasteiger partial charge on any atom is -0.497 e. The summed E-state index contributed by atoms with van der Waals surface area (Å²) in [6.07, 6.45) is 1.55. The highest BCUT2D eigenvalue weighted by Gasteiger charge is 2.33. The van der Waals surface area contributed by atoms with Crippen LogP contribution in [0.25, 0.3) is 0 Å². The minimum absolute atomic E-state index is 0.0510. The minimum atomic E-state index is -3.98. The summed E-state index contributed by atoms with van der Waals surface area (Å²) in [6, 6.07) is 6.46. The molecule has 2 aromatic rings. The fraction of sp³-hybridized carbons (Fsp3) is 0.312. The number of carbonyl (C=O) groups is 2. The molecule has 0 aliphatic heterocycles. The summed E-state index contributed by atoms with van der Waals surface area (Å²) in [6.45, 7) is 1.57. The summed E-state index contributed by atoms with van der Waals surface area (Å²) in [7, 11) is -2.46. The van der Waals surface area contributed by atoms with Crippen molar-refractivity contribution in [3.8, 4) is 5.75 Å². The molecule has 10 heteroatoms. The standard InChI is InChI=1S/C16H19N3O5S2/c1-3-13(15(21)19-16-17-8-9-25-16)26(22,23)10-14(20)18-11-4-6-12(24-2)7-5-11/h4-9,13H,3,10H2,1-2H3,(H,18,20)(H,17,19,21). The third-order valence-electron chi connectivity index (χ3n) is 3.47. The molecule has 0 aliphatic rings. The van der Waals surface area contributed by atoms with Gasteiger partial charge in [0.2, 0.25) is 11.8 Å². The van der Waals surface area contributed by atoms with Crippen LogP contribution in [0.15, 0.2) is 35.8 Å². The summed E-state index contributed by atoms with van der Waals surface area (Å²) in [4.78, 5) is 28.2. The molecule has 1 heterocycles. The van der Waals surface area contributed by atoms with Crippen LogP contribution in [0.4, 0.5) is 10.8 Å². The number of rotatable bonds is 8. The molecule has 1 aromatic heterocycles. The third-order valence-corrected chi connectivity index (χ3v) is 6.23. The maximum Gasteiger partial charge on any atom is 0.244 e. The lowest BCUT2D eigenvalue weighted by atomic mass is 10.3. The molecule has 26 heavy (non-hydrogen) atoms. The average Bonchev–Trinajstić information content (AvgIpc) is 3.08. The van der Waals surface area contributed by atoms with Gasteiger partial charge in [-0.2, -0.15) is 0 Å². The molecule has 0 fully saturated rings. The predicted octanol–water partition coefficient (Wildman–Crippen LogP) is 1.92. The first-order valence-corrected chi connectivity index (χ1v) is 10.3. The lowest BCUT2D eigenvalue weighted by molar-refractivity contribution is -0.115. The van der Waals surface area contributed by atoms with Gasteiger partial charge in [0.25, 0.3) is 0 Å². The summed E-state index contributed by atoms with van der Waals surface area (Å²) in [5.41, 5.74) is 0.436. The smallest absolute Gasteiger partial charge is 0.244 e. The number of benzene rings is 1. The monoisotopic (exact) mass is 397 g/mol. The normalized spacial score (nSPS) is 12.2. The molecular weight excluding hydrogens is 378 g/mol. The van der Waals surface area contributed by atoms with Crippen molar-refractivity contribution >= 4 is 43.8 Å². The Balaban J connectivity index is 2.01. The second-order valence-corrected chi connectivity index (χ2v) is 8.39. The van der Waals surface area contributed by atoms with Crippen LogP contribution in [0.1, 0.15) is 13.3 Å². The molecule has 1 aromatic carbocycles. The van der Waals surface area contributed by atoms with Gasteiger partial charge in [-0.25, -0.2) is 13.4 Å². The topological polar surface area (TPSA) is 114 Å². The number of aromatic nitrogens is 1. The van der Waals surface area contributed by atoms with E-state index in [0.717, 1.165) is 0 Å². The summed E-state index contributed by atoms with van der Waals surface area (Å²) in [5, 5.41) is 5.60. The number of thiazole rings is 1. The highest BCUT2D eigenvalue weighted by atomic mass is 32.2. The quantitative estimate of drug-likeness (QED) is 0.703. The molecule has 2 rings (SSSR count). The molecule has 0 bridgehead atoms. The number of sulfone groups is 1. The number of carbonyl (C=O) groups excluding carboxylic acids is 2. The van der Waals surface area contributed by atoms with Gasteiger partial charge in [0, 0.05) is 17.3 Å². The maximum absolute atomic E-state index is 12.5. The number of hydrogen-bond donors (Lipinski definition) is 2. The lowest BCUT2D eigenvalue weighted by Gasteiger charge is -2.15. The SMILES string of the molecule is CCC(C(=O)Nc1nccs1)S(=O)(=O)CC(=O)Nc1ccc(OC)cc1. The van der Waals surface area contributed by atoms with Gasteiger partial charge in [-0.3, -0.25) is 9.59 Å².